The lowest BCUT2D eigenvalue weighted by Gasteiger charge is -2.18. The zero-order chi connectivity index (χ0) is 18.9. The molecule has 0 saturated carbocycles. The summed E-state index contributed by atoms with van der Waals surface area (Å²) in [5.74, 6) is 0.234. The Bertz CT molecular complexity index is 1080. The van der Waals surface area contributed by atoms with Crippen LogP contribution in [-0.2, 0) is 23.0 Å². The van der Waals surface area contributed by atoms with Gasteiger partial charge >= 0.3 is 0 Å². The first-order valence-corrected chi connectivity index (χ1v) is 10.9. The van der Waals surface area contributed by atoms with E-state index < -0.39 is 10.0 Å². The first kappa shape index (κ1) is 17.8. The van der Waals surface area contributed by atoms with Crippen LogP contribution < -0.4 is 9.62 Å². The van der Waals surface area contributed by atoms with E-state index in [-0.39, 0.29) is 5.75 Å². The number of hydrogen-bond donors (Lipinski definition) is 1. The number of hydrogen-bond acceptors (Lipinski definition) is 4. The third-order valence-corrected chi connectivity index (χ3v) is 6.78. The number of aromatic nitrogens is 1. The van der Waals surface area contributed by atoms with Crippen LogP contribution in [0.2, 0.25) is 0 Å². The number of benzene rings is 2. The van der Waals surface area contributed by atoms with Crippen molar-refractivity contribution in [1.29, 1.82) is 0 Å². The van der Waals surface area contributed by atoms with Crippen molar-refractivity contribution in [3.05, 3.63) is 65.9 Å². The van der Waals surface area contributed by atoms with Crippen molar-refractivity contribution in [2.45, 2.75) is 26.3 Å². The number of rotatable bonds is 5. The molecule has 3 aromatic rings. The van der Waals surface area contributed by atoms with Crippen LogP contribution >= 0.6 is 0 Å². The number of nitrogens with zero attached hydrogens (tertiary/aromatic N) is 2. The molecule has 0 radical (unpaired) electrons. The monoisotopic (exact) mass is 381 g/mol. The molecule has 1 N–H and O–H groups in total. The van der Waals surface area contributed by atoms with Gasteiger partial charge in [0.25, 0.3) is 0 Å². The second-order valence-corrected chi connectivity index (χ2v) is 8.81. The van der Waals surface area contributed by atoms with Crippen LogP contribution in [0.4, 0.5) is 11.4 Å². The summed E-state index contributed by atoms with van der Waals surface area (Å²) in [5.41, 5.74) is 4.88. The highest BCUT2D eigenvalue weighted by Gasteiger charge is 2.28. The van der Waals surface area contributed by atoms with Crippen molar-refractivity contribution in [2.75, 3.05) is 21.9 Å². The van der Waals surface area contributed by atoms with E-state index in [0.717, 1.165) is 40.0 Å². The first-order chi connectivity index (χ1) is 13.1. The Balaban J connectivity index is 1.59. The minimum absolute atomic E-state index is 0.234. The van der Waals surface area contributed by atoms with Crippen LogP contribution in [0.5, 0.6) is 0 Å². The average Bonchev–Trinajstić information content (AvgIpc) is 3.05. The normalized spacial score (nSPS) is 16.0. The van der Waals surface area contributed by atoms with E-state index in [2.05, 4.69) is 29.4 Å². The number of aryl methyl sites for hydroxylation is 1. The van der Waals surface area contributed by atoms with Gasteiger partial charge in [0.1, 0.15) is 0 Å². The Morgan fingerprint density at radius 1 is 1.11 bits per heavy atom. The molecule has 1 saturated heterocycles. The van der Waals surface area contributed by atoms with Gasteiger partial charge in [0.2, 0.25) is 10.0 Å². The third kappa shape index (κ3) is 3.62. The Labute approximate surface area is 160 Å². The second kappa shape index (κ2) is 7.19. The van der Waals surface area contributed by atoms with Gasteiger partial charge in [-0.05, 0) is 42.7 Å². The topological polar surface area (TPSA) is 62.3 Å². The molecule has 2 heterocycles. The number of pyridine rings is 1. The first-order valence-electron chi connectivity index (χ1n) is 9.29. The van der Waals surface area contributed by atoms with Crippen LogP contribution in [-0.4, -0.2) is 25.7 Å². The van der Waals surface area contributed by atoms with E-state index >= 15 is 0 Å². The van der Waals surface area contributed by atoms with E-state index in [9.17, 15) is 8.42 Å². The standard InChI is InChI=1S/C21H23N3O2S/c1-2-17-14-21(19-9-3-4-10-20(19)23-17)22-15-16-7-5-8-18(13-16)24-11-6-12-27(24,25)26/h3-5,7-10,13-14H,2,6,11-12,15H2,1H3,(H,22,23). The van der Waals surface area contributed by atoms with E-state index in [1.54, 1.807) is 0 Å². The molecule has 4 rings (SSSR count). The van der Waals surface area contributed by atoms with Crippen molar-refractivity contribution in [3.63, 3.8) is 0 Å². The molecule has 140 valence electrons. The van der Waals surface area contributed by atoms with Crippen molar-refractivity contribution in [2.24, 2.45) is 0 Å². The number of para-hydroxylation sites is 1. The number of sulfonamides is 1. The summed E-state index contributed by atoms with van der Waals surface area (Å²) in [7, 11) is -3.16. The minimum atomic E-state index is -3.16. The van der Waals surface area contributed by atoms with E-state index in [4.69, 9.17) is 0 Å². The Hall–Kier alpha value is -2.60. The van der Waals surface area contributed by atoms with Crippen LogP contribution in [0.25, 0.3) is 10.9 Å². The molecule has 0 unspecified atom stereocenters. The number of anilines is 2. The highest BCUT2D eigenvalue weighted by atomic mass is 32.2. The summed E-state index contributed by atoms with van der Waals surface area (Å²) in [6, 6.07) is 18.0. The summed E-state index contributed by atoms with van der Waals surface area (Å²) in [5, 5.41) is 4.60. The SMILES string of the molecule is CCc1cc(NCc2cccc(N3CCCS3(=O)=O)c2)c2ccccc2n1. The summed E-state index contributed by atoms with van der Waals surface area (Å²) in [4.78, 5) is 4.68. The van der Waals surface area contributed by atoms with E-state index in [1.165, 1.54) is 4.31 Å². The molecule has 0 amide bonds. The highest BCUT2D eigenvalue weighted by Crippen LogP contribution is 2.27. The summed E-state index contributed by atoms with van der Waals surface area (Å²) in [6.07, 6.45) is 1.56. The van der Waals surface area contributed by atoms with Crippen LogP contribution in [0.3, 0.4) is 0 Å². The molecule has 0 aliphatic carbocycles. The summed E-state index contributed by atoms with van der Waals surface area (Å²) < 4.78 is 25.9. The van der Waals surface area contributed by atoms with Gasteiger partial charge in [-0.1, -0.05) is 37.3 Å². The number of nitrogens with one attached hydrogen (secondary N) is 1. The molecular formula is C21H23N3O2S. The predicted molar refractivity (Wildman–Crippen MR) is 111 cm³/mol. The zero-order valence-corrected chi connectivity index (χ0v) is 16.2. The third-order valence-electron chi connectivity index (χ3n) is 4.91. The van der Waals surface area contributed by atoms with Gasteiger partial charge in [0.05, 0.1) is 17.0 Å². The molecule has 0 bridgehead atoms. The molecule has 0 atom stereocenters. The van der Waals surface area contributed by atoms with Gasteiger partial charge in [0.15, 0.2) is 0 Å². The Morgan fingerprint density at radius 2 is 1.96 bits per heavy atom. The van der Waals surface area contributed by atoms with Gasteiger partial charge in [-0.15, -0.1) is 0 Å². The van der Waals surface area contributed by atoms with Crippen LogP contribution in [0.1, 0.15) is 24.6 Å². The molecule has 2 aromatic carbocycles. The fourth-order valence-corrected chi connectivity index (χ4v) is 5.06. The highest BCUT2D eigenvalue weighted by molar-refractivity contribution is 7.93. The van der Waals surface area contributed by atoms with Crippen molar-refractivity contribution in [1.82, 2.24) is 4.98 Å². The smallest absolute Gasteiger partial charge is 0.235 e. The second-order valence-electron chi connectivity index (χ2n) is 6.80. The van der Waals surface area contributed by atoms with Gasteiger partial charge in [-0.25, -0.2) is 8.42 Å². The fraction of sp³-hybridized carbons (Fsp3) is 0.286. The molecule has 5 nitrogen and oxygen atoms in total. The van der Waals surface area contributed by atoms with Gasteiger partial charge in [0, 0.05) is 29.9 Å². The fourth-order valence-electron chi connectivity index (χ4n) is 3.51. The van der Waals surface area contributed by atoms with Gasteiger partial charge in [-0.2, -0.15) is 0 Å². The van der Waals surface area contributed by atoms with Gasteiger partial charge < -0.3 is 5.32 Å². The van der Waals surface area contributed by atoms with Crippen molar-refractivity contribution in [3.8, 4) is 0 Å². The van der Waals surface area contributed by atoms with Crippen LogP contribution in [0, 0.1) is 0 Å². The lowest BCUT2D eigenvalue weighted by atomic mass is 10.1. The average molecular weight is 382 g/mol. The quantitative estimate of drug-likeness (QED) is 0.727. The molecule has 0 spiro atoms. The van der Waals surface area contributed by atoms with Crippen LogP contribution in [0.15, 0.2) is 54.6 Å². The van der Waals surface area contributed by atoms with Crippen molar-refractivity contribution < 1.29 is 8.42 Å². The molecular weight excluding hydrogens is 358 g/mol. The Kier molecular flexibility index (Phi) is 4.74. The molecule has 1 aliphatic rings. The van der Waals surface area contributed by atoms with E-state index in [0.29, 0.717) is 19.5 Å². The molecule has 6 heteroatoms. The van der Waals surface area contributed by atoms with Crippen molar-refractivity contribution >= 4 is 32.3 Å². The summed E-state index contributed by atoms with van der Waals surface area (Å²) >= 11 is 0. The largest absolute Gasteiger partial charge is 0.380 e. The summed E-state index contributed by atoms with van der Waals surface area (Å²) in [6.45, 7) is 3.29. The molecule has 1 aliphatic heterocycles. The maximum absolute atomic E-state index is 12.2. The molecule has 1 fully saturated rings. The lowest BCUT2D eigenvalue weighted by molar-refractivity contribution is 0.599. The van der Waals surface area contributed by atoms with E-state index in [1.807, 2.05) is 42.5 Å². The molecule has 1 aromatic heterocycles. The van der Waals surface area contributed by atoms with Gasteiger partial charge in [-0.3, -0.25) is 9.29 Å². The lowest BCUT2D eigenvalue weighted by Crippen LogP contribution is -2.25. The number of fused-ring (bicyclic) bond motifs is 1. The predicted octanol–water partition coefficient (Wildman–Crippen LogP) is 3.95. The maximum atomic E-state index is 12.2. The Morgan fingerprint density at radius 3 is 2.74 bits per heavy atom. The zero-order valence-electron chi connectivity index (χ0n) is 15.4. The maximum Gasteiger partial charge on any atom is 0.235 e. The minimum Gasteiger partial charge on any atom is -0.380 e. The molecule has 27 heavy (non-hydrogen) atoms.